The van der Waals surface area contributed by atoms with Crippen molar-refractivity contribution in [3.05, 3.63) is 70.5 Å². The van der Waals surface area contributed by atoms with E-state index >= 15 is 0 Å². The fraction of sp³-hybridized carbons (Fsp3) is 0.263. The van der Waals surface area contributed by atoms with E-state index in [2.05, 4.69) is 5.32 Å². The first-order valence-electron chi connectivity index (χ1n) is 7.61. The summed E-state index contributed by atoms with van der Waals surface area (Å²) >= 11 is 0. The van der Waals surface area contributed by atoms with Crippen LogP contribution in [0.2, 0.25) is 0 Å². The summed E-state index contributed by atoms with van der Waals surface area (Å²) in [7, 11) is 1.30. The van der Waals surface area contributed by atoms with E-state index in [-0.39, 0.29) is 12.0 Å². The van der Waals surface area contributed by atoms with Crippen molar-refractivity contribution < 1.29 is 18.7 Å². The van der Waals surface area contributed by atoms with E-state index in [0.29, 0.717) is 5.56 Å². The molecule has 2 aromatic rings. The minimum absolute atomic E-state index is 0.000353. The fourth-order valence-electron chi connectivity index (χ4n) is 2.28. The van der Waals surface area contributed by atoms with Crippen LogP contribution in [-0.2, 0) is 9.53 Å². The number of ether oxygens (including phenoxy) is 1. The molecular weight excluding hydrogens is 309 g/mol. The van der Waals surface area contributed by atoms with Crippen LogP contribution in [0.5, 0.6) is 0 Å². The quantitative estimate of drug-likeness (QED) is 0.855. The van der Waals surface area contributed by atoms with E-state index in [1.807, 2.05) is 31.2 Å². The monoisotopic (exact) mass is 329 g/mol. The van der Waals surface area contributed by atoms with Gasteiger partial charge in [-0.3, -0.25) is 9.59 Å². The lowest BCUT2D eigenvalue weighted by Gasteiger charge is -2.18. The van der Waals surface area contributed by atoms with Gasteiger partial charge in [-0.25, -0.2) is 4.39 Å². The van der Waals surface area contributed by atoms with Crippen molar-refractivity contribution in [3.8, 4) is 0 Å². The van der Waals surface area contributed by atoms with Gasteiger partial charge in [0.1, 0.15) is 5.82 Å². The highest BCUT2D eigenvalue weighted by Crippen LogP contribution is 2.19. The van der Waals surface area contributed by atoms with Crippen LogP contribution in [0.3, 0.4) is 0 Å². The van der Waals surface area contributed by atoms with Gasteiger partial charge in [0, 0.05) is 5.56 Å². The SMILES string of the molecule is COC(=O)C[C@H](NC(=O)c1ccc(C)c(F)c1)c1ccc(C)cc1. The first-order chi connectivity index (χ1) is 11.4. The standard InChI is InChI=1S/C19H20FNO3/c1-12-4-7-14(8-5-12)17(11-18(22)24-3)21-19(23)15-9-6-13(2)16(20)10-15/h4-10,17H,11H2,1-3H3,(H,21,23)/t17-/m0/s1. The van der Waals surface area contributed by atoms with Crippen molar-refractivity contribution in [1.29, 1.82) is 0 Å². The Morgan fingerprint density at radius 1 is 1.12 bits per heavy atom. The molecule has 0 fully saturated rings. The van der Waals surface area contributed by atoms with Crippen molar-refractivity contribution in [2.45, 2.75) is 26.3 Å². The summed E-state index contributed by atoms with van der Waals surface area (Å²) in [5.74, 6) is -1.32. The molecule has 0 radical (unpaired) electrons. The summed E-state index contributed by atoms with van der Waals surface area (Å²) in [5, 5.41) is 2.77. The summed E-state index contributed by atoms with van der Waals surface area (Å²) in [6.07, 6.45) is -0.000353. The van der Waals surface area contributed by atoms with Crippen LogP contribution < -0.4 is 5.32 Å². The van der Waals surface area contributed by atoms with Gasteiger partial charge in [-0.2, -0.15) is 0 Å². The Kier molecular flexibility index (Phi) is 5.68. The third kappa shape index (κ3) is 4.41. The number of carbonyl (C=O) groups is 2. The van der Waals surface area contributed by atoms with Gasteiger partial charge in [-0.05, 0) is 37.1 Å². The zero-order valence-corrected chi connectivity index (χ0v) is 13.9. The third-order valence-corrected chi connectivity index (χ3v) is 3.82. The van der Waals surface area contributed by atoms with Gasteiger partial charge in [-0.1, -0.05) is 35.9 Å². The van der Waals surface area contributed by atoms with E-state index in [9.17, 15) is 14.0 Å². The molecule has 0 saturated heterocycles. The number of hydrogen-bond acceptors (Lipinski definition) is 3. The Morgan fingerprint density at radius 2 is 1.79 bits per heavy atom. The van der Waals surface area contributed by atoms with Gasteiger partial charge in [0.05, 0.1) is 19.6 Å². The molecule has 0 aliphatic rings. The van der Waals surface area contributed by atoms with Gasteiger partial charge < -0.3 is 10.1 Å². The number of aryl methyl sites for hydroxylation is 2. The topological polar surface area (TPSA) is 55.4 Å². The van der Waals surface area contributed by atoms with E-state index < -0.39 is 23.7 Å². The molecule has 0 saturated carbocycles. The van der Waals surface area contributed by atoms with Crippen molar-refractivity contribution in [1.82, 2.24) is 5.32 Å². The molecule has 1 N–H and O–H groups in total. The molecule has 0 aliphatic heterocycles. The molecule has 0 aromatic heterocycles. The third-order valence-electron chi connectivity index (χ3n) is 3.82. The second-order valence-electron chi connectivity index (χ2n) is 5.68. The zero-order chi connectivity index (χ0) is 17.7. The lowest BCUT2D eigenvalue weighted by atomic mass is 10.0. The highest BCUT2D eigenvalue weighted by molar-refractivity contribution is 5.94. The molecule has 126 valence electrons. The maximum Gasteiger partial charge on any atom is 0.307 e. The molecule has 5 heteroatoms. The Bertz CT molecular complexity index is 741. The van der Waals surface area contributed by atoms with Crippen LogP contribution >= 0.6 is 0 Å². The minimum Gasteiger partial charge on any atom is -0.469 e. The molecular formula is C19H20FNO3. The number of hydrogen-bond donors (Lipinski definition) is 1. The number of rotatable bonds is 5. The van der Waals surface area contributed by atoms with E-state index in [4.69, 9.17) is 4.74 Å². The molecule has 0 bridgehead atoms. The van der Waals surface area contributed by atoms with Crippen LogP contribution in [0.15, 0.2) is 42.5 Å². The molecule has 2 rings (SSSR count). The maximum atomic E-state index is 13.7. The predicted molar refractivity (Wildman–Crippen MR) is 89.2 cm³/mol. The van der Waals surface area contributed by atoms with Gasteiger partial charge in [0.15, 0.2) is 0 Å². The number of benzene rings is 2. The number of carbonyl (C=O) groups excluding carboxylic acids is 2. The summed E-state index contributed by atoms with van der Waals surface area (Å²) in [4.78, 5) is 24.0. The Balaban J connectivity index is 2.23. The van der Waals surface area contributed by atoms with Crippen LogP contribution in [0.25, 0.3) is 0 Å². The zero-order valence-electron chi connectivity index (χ0n) is 13.9. The molecule has 0 spiro atoms. The van der Waals surface area contributed by atoms with Crippen molar-refractivity contribution in [2.75, 3.05) is 7.11 Å². The lowest BCUT2D eigenvalue weighted by Crippen LogP contribution is -2.30. The van der Waals surface area contributed by atoms with E-state index in [1.54, 1.807) is 19.1 Å². The first kappa shape index (κ1) is 17.7. The van der Waals surface area contributed by atoms with E-state index in [1.165, 1.54) is 13.2 Å². The smallest absolute Gasteiger partial charge is 0.307 e. The summed E-state index contributed by atoms with van der Waals surface area (Å²) in [6, 6.07) is 11.2. The summed E-state index contributed by atoms with van der Waals surface area (Å²) in [6.45, 7) is 3.58. The Morgan fingerprint density at radius 3 is 2.38 bits per heavy atom. The largest absolute Gasteiger partial charge is 0.469 e. The molecule has 1 amide bonds. The Hall–Kier alpha value is -2.69. The van der Waals surface area contributed by atoms with Crippen LogP contribution in [0.4, 0.5) is 4.39 Å². The van der Waals surface area contributed by atoms with Crippen LogP contribution in [0.1, 0.15) is 39.5 Å². The average Bonchev–Trinajstić information content (AvgIpc) is 2.57. The molecule has 0 heterocycles. The van der Waals surface area contributed by atoms with Crippen molar-refractivity contribution in [2.24, 2.45) is 0 Å². The normalized spacial score (nSPS) is 11.7. The minimum atomic E-state index is -0.546. The Labute approximate surface area is 140 Å². The van der Waals surface area contributed by atoms with Crippen molar-refractivity contribution >= 4 is 11.9 Å². The van der Waals surface area contributed by atoms with Gasteiger partial charge >= 0.3 is 5.97 Å². The fourth-order valence-corrected chi connectivity index (χ4v) is 2.28. The number of nitrogens with one attached hydrogen (secondary N) is 1. The van der Waals surface area contributed by atoms with Crippen LogP contribution in [-0.4, -0.2) is 19.0 Å². The molecule has 1 atom stereocenters. The summed E-state index contributed by atoms with van der Waals surface area (Å²) < 4.78 is 18.4. The number of halogens is 1. The highest BCUT2D eigenvalue weighted by Gasteiger charge is 2.20. The lowest BCUT2D eigenvalue weighted by molar-refractivity contribution is -0.141. The van der Waals surface area contributed by atoms with Crippen molar-refractivity contribution in [3.63, 3.8) is 0 Å². The van der Waals surface area contributed by atoms with E-state index in [0.717, 1.165) is 11.1 Å². The number of methoxy groups -OCH3 is 1. The number of esters is 1. The molecule has 2 aromatic carbocycles. The molecule has 0 unspecified atom stereocenters. The summed E-state index contributed by atoms with van der Waals surface area (Å²) in [5.41, 5.74) is 2.53. The maximum absolute atomic E-state index is 13.7. The molecule has 24 heavy (non-hydrogen) atoms. The second-order valence-corrected chi connectivity index (χ2v) is 5.68. The highest BCUT2D eigenvalue weighted by atomic mass is 19.1. The number of amides is 1. The second kappa shape index (κ2) is 7.73. The van der Waals surface area contributed by atoms with Gasteiger partial charge in [-0.15, -0.1) is 0 Å². The predicted octanol–water partition coefficient (Wildman–Crippen LogP) is 3.48. The van der Waals surface area contributed by atoms with Gasteiger partial charge in [0.2, 0.25) is 0 Å². The van der Waals surface area contributed by atoms with Crippen LogP contribution in [0, 0.1) is 19.7 Å². The molecule has 4 nitrogen and oxygen atoms in total. The first-order valence-corrected chi connectivity index (χ1v) is 7.61. The average molecular weight is 329 g/mol. The van der Waals surface area contributed by atoms with Gasteiger partial charge in [0.25, 0.3) is 5.91 Å². The molecule has 0 aliphatic carbocycles.